The lowest BCUT2D eigenvalue weighted by Crippen LogP contribution is -2.31. The van der Waals surface area contributed by atoms with Crippen molar-refractivity contribution in [3.05, 3.63) is 54.4 Å². The van der Waals surface area contributed by atoms with Gasteiger partial charge in [-0.1, -0.05) is 58.0 Å². The van der Waals surface area contributed by atoms with E-state index in [9.17, 15) is 4.79 Å². The molecule has 0 bridgehead atoms. The minimum absolute atomic E-state index is 0.0616. The molecule has 2 amide bonds. The number of hydrogen-bond donors (Lipinski definition) is 2. The summed E-state index contributed by atoms with van der Waals surface area (Å²) >= 11 is 0. The highest BCUT2D eigenvalue weighted by molar-refractivity contribution is 5.95. The van der Waals surface area contributed by atoms with Crippen LogP contribution in [0.4, 0.5) is 10.5 Å². The van der Waals surface area contributed by atoms with Gasteiger partial charge in [-0.3, -0.25) is 4.99 Å². The molecule has 0 spiro atoms. The topological polar surface area (TPSA) is 53.5 Å². The maximum absolute atomic E-state index is 11.9. The summed E-state index contributed by atoms with van der Waals surface area (Å²) in [6.45, 7) is 11.9. The van der Waals surface area contributed by atoms with Crippen molar-refractivity contribution in [2.24, 2.45) is 10.9 Å². The summed E-state index contributed by atoms with van der Waals surface area (Å²) in [7, 11) is 0. The number of hydrogen-bond acceptors (Lipinski definition) is 2. The second kappa shape index (κ2) is 12.2. The average Bonchev–Trinajstić information content (AvgIpc) is 2.93. The molecule has 4 heteroatoms. The molecule has 4 nitrogen and oxygen atoms in total. The van der Waals surface area contributed by atoms with Gasteiger partial charge in [-0.15, -0.1) is 0 Å². The fourth-order valence-corrected chi connectivity index (χ4v) is 1.92. The van der Waals surface area contributed by atoms with Crippen LogP contribution in [0.25, 0.3) is 0 Å². The van der Waals surface area contributed by atoms with Gasteiger partial charge in [0.25, 0.3) is 0 Å². The molecular formula is C19H29N3O. The Balaban J connectivity index is 0.00000112. The molecule has 2 rings (SSSR count). The van der Waals surface area contributed by atoms with E-state index in [0.29, 0.717) is 0 Å². The number of nitrogens with zero attached hydrogens (tertiary/aromatic N) is 1. The minimum atomic E-state index is -0.253. The van der Waals surface area contributed by atoms with Crippen molar-refractivity contribution in [3.63, 3.8) is 0 Å². The molecule has 1 unspecified atom stereocenters. The Hall–Kier alpha value is -2.36. The summed E-state index contributed by atoms with van der Waals surface area (Å²) in [4.78, 5) is 16.1. The van der Waals surface area contributed by atoms with Crippen molar-refractivity contribution in [2.75, 3.05) is 5.32 Å². The first-order valence-electron chi connectivity index (χ1n) is 8.21. The highest BCUT2D eigenvalue weighted by atomic mass is 16.2. The third-order valence-corrected chi connectivity index (χ3v) is 2.87. The van der Waals surface area contributed by atoms with E-state index in [2.05, 4.69) is 15.6 Å². The number of carbonyl (C=O) groups excluding carboxylic acids is 1. The third kappa shape index (κ3) is 6.96. The molecule has 0 radical (unpaired) electrons. The Bertz CT molecular complexity index is 545. The molecule has 0 aliphatic carbocycles. The predicted molar refractivity (Wildman–Crippen MR) is 101 cm³/mol. The van der Waals surface area contributed by atoms with Crippen LogP contribution in [0.1, 0.15) is 41.5 Å². The summed E-state index contributed by atoms with van der Waals surface area (Å²) in [5.41, 5.74) is 2.54. The van der Waals surface area contributed by atoms with Gasteiger partial charge < -0.3 is 10.6 Å². The minimum Gasteiger partial charge on any atom is -0.309 e. The number of anilines is 1. The van der Waals surface area contributed by atoms with Gasteiger partial charge in [0.2, 0.25) is 0 Å². The highest BCUT2D eigenvalue weighted by Crippen LogP contribution is 2.19. The van der Waals surface area contributed by atoms with Gasteiger partial charge in [0.05, 0.1) is 11.6 Å². The Morgan fingerprint density at radius 2 is 1.70 bits per heavy atom. The van der Waals surface area contributed by atoms with E-state index in [1.54, 1.807) is 6.20 Å². The van der Waals surface area contributed by atoms with Crippen molar-refractivity contribution >= 4 is 17.4 Å². The van der Waals surface area contributed by atoms with Crippen LogP contribution in [0, 0.1) is 5.92 Å². The second-order valence-electron chi connectivity index (χ2n) is 4.30. The van der Waals surface area contributed by atoms with Gasteiger partial charge in [-0.2, -0.15) is 0 Å². The first-order valence-corrected chi connectivity index (χ1v) is 8.21. The molecule has 2 N–H and O–H groups in total. The van der Waals surface area contributed by atoms with E-state index in [4.69, 9.17) is 0 Å². The predicted octanol–water partition coefficient (Wildman–Crippen LogP) is 5.37. The molecule has 1 aliphatic rings. The van der Waals surface area contributed by atoms with Crippen molar-refractivity contribution in [1.29, 1.82) is 0 Å². The lowest BCUT2D eigenvalue weighted by molar-refractivity contribution is 0.254. The molecule has 1 atom stereocenters. The van der Waals surface area contributed by atoms with Crippen molar-refractivity contribution in [3.8, 4) is 0 Å². The number of amides is 2. The molecule has 0 fully saturated rings. The first-order chi connectivity index (χ1) is 11.2. The van der Waals surface area contributed by atoms with Gasteiger partial charge in [0.1, 0.15) is 0 Å². The average molecular weight is 315 g/mol. The monoisotopic (exact) mass is 315 g/mol. The number of urea groups is 1. The zero-order valence-electron chi connectivity index (χ0n) is 15.1. The Labute approximate surface area is 140 Å². The molecule has 0 saturated carbocycles. The van der Waals surface area contributed by atoms with Crippen molar-refractivity contribution in [2.45, 2.75) is 41.5 Å². The quantitative estimate of drug-likeness (QED) is 0.724. The van der Waals surface area contributed by atoms with Crippen LogP contribution in [0.5, 0.6) is 0 Å². The maximum Gasteiger partial charge on any atom is 0.323 e. The molecule has 1 aromatic rings. The van der Waals surface area contributed by atoms with Gasteiger partial charge in [0.15, 0.2) is 0 Å². The summed E-state index contributed by atoms with van der Waals surface area (Å²) in [6.07, 6.45) is 5.67. The summed E-state index contributed by atoms with van der Waals surface area (Å²) in [5.74, 6) is 0.0616. The third-order valence-electron chi connectivity index (χ3n) is 2.87. The molecule has 1 heterocycles. The number of rotatable bonds is 3. The lowest BCUT2D eigenvalue weighted by atomic mass is 10.0. The van der Waals surface area contributed by atoms with E-state index in [-0.39, 0.29) is 11.9 Å². The summed E-state index contributed by atoms with van der Waals surface area (Å²) < 4.78 is 0. The zero-order valence-corrected chi connectivity index (χ0v) is 15.1. The van der Waals surface area contributed by atoms with Gasteiger partial charge in [0, 0.05) is 17.6 Å². The van der Waals surface area contributed by atoms with Crippen LogP contribution in [0.2, 0.25) is 0 Å². The maximum atomic E-state index is 11.9. The van der Waals surface area contributed by atoms with Crippen LogP contribution >= 0.6 is 0 Å². The van der Waals surface area contributed by atoms with E-state index in [0.717, 1.165) is 17.1 Å². The second-order valence-corrected chi connectivity index (χ2v) is 4.30. The van der Waals surface area contributed by atoms with E-state index in [1.807, 2.05) is 84.0 Å². The highest BCUT2D eigenvalue weighted by Gasteiger charge is 2.20. The zero-order chi connectivity index (χ0) is 17.7. The van der Waals surface area contributed by atoms with Crippen LogP contribution in [0.15, 0.2) is 59.4 Å². The first kappa shape index (κ1) is 20.6. The lowest BCUT2D eigenvalue weighted by Gasteiger charge is -2.13. The molecule has 1 aromatic carbocycles. The van der Waals surface area contributed by atoms with E-state index in [1.165, 1.54) is 0 Å². The van der Waals surface area contributed by atoms with Gasteiger partial charge in [-0.05, 0) is 26.0 Å². The summed E-state index contributed by atoms with van der Waals surface area (Å²) in [5, 5.41) is 5.62. The van der Waals surface area contributed by atoms with Crippen LogP contribution < -0.4 is 10.6 Å². The van der Waals surface area contributed by atoms with Gasteiger partial charge in [-0.25, -0.2) is 4.79 Å². The molecule has 1 aliphatic heterocycles. The fourth-order valence-electron chi connectivity index (χ4n) is 1.92. The molecule has 126 valence electrons. The number of allylic oxidation sites excluding steroid dienone is 2. The molecular weight excluding hydrogens is 286 g/mol. The normalized spacial score (nSPS) is 15.5. The standard InChI is InChI=1S/C15H17N3O.2C2H6/c1-3-7-13-11(2)16-10-14(13)18-15(19)17-12-8-5-4-6-9-12;2*1-2/h3-10,13H,1-2H3,(H2,17,18,19);2*1-2H3/b7-3-;;. The molecule has 23 heavy (non-hydrogen) atoms. The van der Waals surface area contributed by atoms with Crippen LogP contribution in [-0.2, 0) is 0 Å². The molecule has 0 saturated heterocycles. The van der Waals surface area contributed by atoms with Crippen LogP contribution in [-0.4, -0.2) is 11.7 Å². The summed E-state index contributed by atoms with van der Waals surface area (Å²) in [6, 6.07) is 9.08. The molecule has 0 aromatic heterocycles. The number of aliphatic imine (C=N–C) groups is 1. The van der Waals surface area contributed by atoms with Gasteiger partial charge >= 0.3 is 6.03 Å². The largest absolute Gasteiger partial charge is 0.323 e. The van der Waals surface area contributed by atoms with Crippen LogP contribution in [0.3, 0.4) is 0 Å². The Kier molecular flexibility index (Phi) is 11.0. The number of nitrogens with one attached hydrogen (secondary N) is 2. The fraction of sp³-hybridized carbons (Fsp3) is 0.368. The van der Waals surface area contributed by atoms with Crippen molar-refractivity contribution < 1.29 is 4.79 Å². The number of benzene rings is 1. The smallest absolute Gasteiger partial charge is 0.309 e. The van der Waals surface area contributed by atoms with Crippen molar-refractivity contribution in [1.82, 2.24) is 5.32 Å². The number of para-hydroxylation sites is 1. The van der Waals surface area contributed by atoms with E-state index < -0.39 is 0 Å². The Morgan fingerprint density at radius 3 is 2.26 bits per heavy atom. The SMILES string of the molecule is C/C=C\C1C(NC(=O)Nc2ccccc2)=CN=C1C.CC.CC. The number of carbonyl (C=O) groups is 1. The Morgan fingerprint density at radius 1 is 1.09 bits per heavy atom. The van der Waals surface area contributed by atoms with E-state index >= 15 is 0 Å².